The molecule has 2 saturated carbocycles. The Bertz CT molecular complexity index is 197. The van der Waals surface area contributed by atoms with E-state index in [9.17, 15) is 0 Å². The molecule has 0 aromatic heterocycles. The highest BCUT2D eigenvalue weighted by atomic mass is 32.2. The monoisotopic (exact) mass is 225 g/mol. The van der Waals surface area contributed by atoms with Gasteiger partial charge in [0.05, 0.1) is 0 Å². The molecule has 1 saturated heterocycles. The summed E-state index contributed by atoms with van der Waals surface area (Å²) in [5.74, 6) is 0. The Morgan fingerprint density at radius 2 is 1.20 bits per heavy atom. The molecule has 3 rings (SSSR count). The normalized spacial score (nSPS) is 46.4. The minimum Gasteiger partial charge on any atom is -0.309 e. The molecule has 0 aromatic rings. The van der Waals surface area contributed by atoms with Gasteiger partial charge in [-0.25, -0.2) is 0 Å². The second-order valence-corrected chi connectivity index (χ2v) is 7.00. The Labute approximate surface area is 97.8 Å². The van der Waals surface area contributed by atoms with Gasteiger partial charge in [-0.3, -0.25) is 0 Å². The third-order valence-corrected chi connectivity index (χ3v) is 6.26. The van der Waals surface area contributed by atoms with Gasteiger partial charge in [-0.1, -0.05) is 32.1 Å². The van der Waals surface area contributed by atoms with E-state index in [1.807, 2.05) is 0 Å². The lowest BCUT2D eigenvalue weighted by Gasteiger charge is -2.44. The van der Waals surface area contributed by atoms with E-state index in [4.69, 9.17) is 0 Å². The lowest BCUT2D eigenvalue weighted by atomic mass is 9.92. The zero-order valence-corrected chi connectivity index (χ0v) is 10.4. The van der Waals surface area contributed by atoms with Crippen LogP contribution in [-0.2, 0) is 0 Å². The summed E-state index contributed by atoms with van der Waals surface area (Å²) in [4.78, 5) is 0. The first-order chi connectivity index (χ1) is 7.43. The van der Waals surface area contributed by atoms with Gasteiger partial charge in [-0.2, -0.15) is 11.8 Å². The van der Waals surface area contributed by atoms with Crippen LogP contribution in [0, 0.1) is 0 Å². The van der Waals surface area contributed by atoms with Gasteiger partial charge in [0.1, 0.15) is 0 Å². The maximum atomic E-state index is 3.98. The predicted molar refractivity (Wildman–Crippen MR) is 67.4 cm³/mol. The summed E-state index contributed by atoms with van der Waals surface area (Å²) < 4.78 is 0. The van der Waals surface area contributed by atoms with Gasteiger partial charge < -0.3 is 5.32 Å². The molecule has 4 atom stereocenters. The van der Waals surface area contributed by atoms with Crippen molar-refractivity contribution in [3.05, 3.63) is 0 Å². The fraction of sp³-hybridized carbons (Fsp3) is 1.00. The molecule has 15 heavy (non-hydrogen) atoms. The minimum absolute atomic E-state index is 0.858. The molecular formula is C13H23NS. The Kier molecular flexibility index (Phi) is 3.25. The van der Waals surface area contributed by atoms with Crippen LogP contribution in [0.4, 0.5) is 0 Å². The first kappa shape index (κ1) is 10.5. The summed E-state index contributed by atoms with van der Waals surface area (Å²) >= 11 is 2.35. The van der Waals surface area contributed by atoms with Crippen molar-refractivity contribution in [3.8, 4) is 0 Å². The summed E-state index contributed by atoms with van der Waals surface area (Å²) in [6, 6.07) is 1.72. The first-order valence-electron chi connectivity index (χ1n) is 6.85. The van der Waals surface area contributed by atoms with Gasteiger partial charge in [0.2, 0.25) is 0 Å². The molecule has 0 amide bonds. The number of hydrogen-bond donors (Lipinski definition) is 1. The van der Waals surface area contributed by atoms with E-state index in [1.54, 1.807) is 0 Å². The van der Waals surface area contributed by atoms with Crippen LogP contribution in [0.2, 0.25) is 0 Å². The fourth-order valence-corrected chi connectivity index (χ4v) is 5.44. The van der Waals surface area contributed by atoms with E-state index in [1.165, 1.54) is 57.8 Å². The quantitative estimate of drug-likeness (QED) is 0.678. The van der Waals surface area contributed by atoms with Crippen LogP contribution in [0.5, 0.6) is 0 Å². The van der Waals surface area contributed by atoms with Gasteiger partial charge in [-0.05, 0) is 25.7 Å². The summed E-state index contributed by atoms with van der Waals surface area (Å²) in [5.41, 5.74) is 0. The largest absolute Gasteiger partial charge is 0.309 e. The summed E-state index contributed by atoms with van der Waals surface area (Å²) in [6.45, 7) is 0. The Balaban J connectivity index is 1.68. The topological polar surface area (TPSA) is 12.0 Å². The smallest absolute Gasteiger partial charge is 0.0204 e. The van der Waals surface area contributed by atoms with Crippen LogP contribution in [-0.4, -0.2) is 22.6 Å². The van der Waals surface area contributed by atoms with Gasteiger partial charge in [-0.15, -0.1) is 0 Å². The van der Waals surface area contributed by atoms with Gasteiger partial charge in [0.15, 0.2) is 0 Å². The second kappa shape index (κ2) is 4.67. The molecular weight excluding hydrogens is 202 g/mol. The summed E-state index contributed by atoms with van der Waals surface area (Å²) in [7, 11) is 0. The number of hydrogen-bond acceptors (Lipinski definition) is 2. The van der Waals surface area contributed by atoms with Crippen LogP contribution in [0.3, 0.4) is 0 Å². The summed E-state index contributed by atoms with van der Waals surface area (Å²) in [5, 5.41) is 5.88. The minimum atomic E-state index is 0.858. The van der Waals surface area contributed by atoms with Gasteiger partial charge in [0.25, 0.3) is 0 Å². The van der Waals surface area contributed by atoms with Crippen molar-refractivity contribution in [1.82, 2.24) is 5.32 Å². The molecule has 3 fully saturated rings. The molecule has 0 radical (unpaired) electrons. The maximum absolute atomic E-state index is 3.98. The van der Waals surface area contributed by atoms with Crippen LogP contribution in [0.1, 0.15) is 57.8 Å². The van der Waals surface area contributed by atoms with Crippen molar-refractivity contribution in [2.45, 2.75) is 80.4 Å². The third kappa shape index (κ3) is 2.21. The lowest BCUT2D eigenvalue weighted by Crippen LogP contribution is -2.54. The van der Waals surface area contributed by atoms with Crippen molar-refractivity contribution in [1.29, 1.82) is 0 Å². The van der Waals surface area contributed by atoms with Crippen molar-refractivity contribution in [2.75, 3.05) is 0 Å². The second-order valence-electron chi connectivity index (χ2n) is 5.52. The van der Waals surface area contributed by atoms with Crippen LogP contribution >= 0.6 is 11.8 Å². The van der Waals surface area contributed by atoms with E-state index in [2.05, 4.69) is 17.1 Å². The Hall–Kier alpha value is 0.310. The highest BCUT2D eigenvalue weighted by Crippen LogP contribution is 2.40. The van der Waals surface area contributed by atoms with Crippen LogP contribution in [0.15, 0.2) is 0 Å². The third-order valence-electron chi connectivity index (χ3n) is 4.43. The van der Waals surface area contributed by atoms with Crippen molar-refractivity contribution in [2.24, 2.45) is 0 Å². The molecule has 1 nitrogen and oxygen atoms in total. The molecule has 1 aliphatic heterocycles. The molecule has 0 spiro atoms. The molecule has 0 bridgehead atoms. The molecule has 1 heterocycles. The Morgan fingerprint density at radius 3 is 1.93 bits per heavy atom. The van der Waals surface area contributed by atoms with E-state index >= 15 is 0 Å². The zero-order valence-electron chi connectivity index (χ0n) is 9.58. The average Bonchev–Trinajstić information content (AvgIpc) is 2.50. The molecule has 86 valence electrons. The average molecular weight is 225 g/mol. The standard InChI is InChI=1S/C13H23NS/c1-2-6-10-12(8-3-1)15-13-9-5-4-7-11(13)14-10/h10-14H,1-9H2. The highest BCUT2D eigenvalue weighted by Gasteiger charge is 2.38. The first-order valence-corrected chi connectivity index (χ1v) is 7.79. The van der Waals surface area contributed by atoms with E-state index in [-0.39, 0.29) is 0 Å². The number of nitrogens with one attached hydrogen (secondary N) is 1. The molecule has 1 N–H and O–H groups in total. The molecule has 0 aromatic carbocycles. The lowest BCUT2D eigenvalue weighted by molar-refractivity contribution is 0.314. The summed E-state index contributed by atoms with van der Waals surface area (Å²) in [6.07, 6.45) is 13.2. The fourth-order valence-electron chi connectivity index (χ4n) is 3.58. The van der Waals surface area contributed by atoms with Crippen LogP contribution < -0.4 is 5.32 Å². The number of rotatable bonds is 0. The van der Waals surface area contributed by atoms with Crippen molar-refractivity contribution in [3.63, 3.8) is 0 Å². The zero-order chi connectivity index (χ0) is 10.1. The van der Waals surface area contributed by atoms with Gasteiger partial charge in [0, 0.05) is 22.6 Å². The van der Waals surface area contributed by atoms with Crippen LogP contribution in [0.25, 0.3) is 0 Å². The van der Waals surface area contributed by atoms with E-state index < -0.39 is 0 Å². The molecule has 2 aliphatic carbocycles. The SMILES string of the molecule is C1CCC2NC3CCCCC3SC2CC1. The Morgan fingerprint density at radius 1 is 0.667 bits per heavy atom. The van der Waals surface area contributed by atoms with E-state index in [0.717, 1.165) is 22.6 Å². The molecule has 2 heteroatoms. The van der Waals surface area contributed by atoms with E-state index in [0.29, 0.717) is 0 Å². The van der Waals surface area contributed by atoms with Crippen molar-refractivity contribution >= 4 is 11.8 Å². The number of thioether (sulfide) groups is 1. The predicted octanol–water partition coefficient (Wildman–Crippen LogP) is 3.34. The van der Waals surface area contributed by atoms with Gasteiger partial charge >= 0.3 is 0 Å². The molecule has 4 unspecified atom stereocenters. The van der Waals surface area contributed by atoms with Crippen molar-refractivity contribution < 1.29 is 0 Å². The molecule has 3 aliphatic rings. The number of fused-ring (bicyclic) bond motifs is 2. The maximum Gasteiger partial charge on any atom is 0.0204 e. The highest BCUT2D eigenvalue weighted by molar-refractivity contribution is 8.00.